The van der Waals surface area contributed by atoms with Gasteiger partial charge in [0.05, 0.1) is 0 Å². The van der Waals surface area contributed by atoms with E-state index < -0.39 is 0 Å². The molecule has 4 nitrogen and oxygen atoms in total. The van der Waals surface area contributed by atoms with Crippen molar-refractivity contribution in [2.75, 3.05) is 27.2 Å². The minimum Gasteiger partial charge on any atom is -0.315 e. The Morgan fingerprint density at radius 1 is 1.38 bits per heavy atom. The van der Waals surface area contributed by atoms with Gasteiger partial charge in [-0.25, -0.2) is 0 Å². The Hall–Kier alpha value is -0.160. The van der Waals surface area contributed by atoms with Gasteiger partial charge in [-0.05, 0) is 0 Å². The zero-order valence-electron chi connectivity index (χ0n) is 5.20. The first-order valence-corrected chi connectivity index (χ1v) is 2.43. The zero-order valence-corrected chi connectivity index (χ0v) is 5.20. The molecule has 0 aromatic heterocycles. The standard InChI is InChI=1S/C2H5NO.C2H7NO/c4-3-1-2-3;1-3(2)4/h4H,1-2H2;4H,1-2H3. The van der Waals surface area contributed by atoms with E-state index in [-0.39, 0.29) is 0 Å². The predicted molar refractivity (Wildman–Crippen MR) is 28.8 cm³/mol. The van der Waals surface area contributed by atoms with E-state index in [9.17, 15) is 0 Å². The van der Waals surface area contributed by atoms with Gasteiger partial charge in [-0.2, -0.15) is 10.1 Å². The first-order chi connectivity index (χ1) is 3.63. The molecule has 0 aromatic carbocycles. The van der Waals surface area contributed by atoms with Gasteiger partial charge in [-0.3, -0.25) is 0 Å². The van der Waals surface area contributed by atoms with E-state index in [4.69, 9.17) is 10.4 Å². The molecule has 1 aliphatic heterocycles. The monoisotopic (exact) mass is 120 g/mol. The zero-order chi connectivity index (χ0) is 6.57. The smallest absolute Gasteiger partial charge is 0.0389 e. The number of hydrogen-bond acceptors (Lipinski definition) is 4. The van der Waals surface area contributed by atoms with Gasteiger partial charge in [0.2, 0.25) is 0 Å². The largest absolute Gasteiger partial charge is 0.315 e. The summed E-state index contributed by atoms with van der Waals surface area (Å²) >= 11 is 0. The average molecular weight is 120 g/mol. The Balaban J connectivity index is 0.000000122. The second-order valence-corrected chi connectivity index (χ2v) is 1.80. The van der Waals surface area contributed by atoms with Gasteiger partial charge in [0.1, 0.15) is 0 Å². The van der Waals surface area contributed by atoms with Crippen molar-refractivity contribution in [3.63, 3.8) is 0 Å². The van der Waals surface area contributed by atoms with Gasteiger partial charge in [-0.15, -0.1) is 0 Å². The molecule has 0 spiro atoms. The van der Waals surface area contributed by atoms with Crippen LogP contribution in [-0.4, -0.2) is 47.7 Å². The quantitative estimate of drug-likeness (QED) is 0.338. The molecule has 0 saturated carbocycles. The van der Waals surface area contributed by atoms with Crippen molar-refractivity contribution in [2.24, 2.45) is 0 Å². The Kier molecular flexibility index (Phi) is 3.72. The van der Waals surface area contributed by atoms with Crippen LogP contribution < -0.4 is 0 Å². The van der Waals surface area contributed by atoms with Crippen LogP contribution in [-0.2, 0) is 0 Å². The van der Waals surface area contributed by atoms with Crippen molar-refractivity contribution in [1.29, 1.82) is 0 Å². The molecule has 0 aliphatic carbocycles. The lowest BCUT2D eigenvalue weighted by atomic mass is 11.0. The van der Waals surface area contributed by atoms with Crippen molar-refractivity contribution in [2.45, 2.75) is 0 Å². The van der Waals surface area contributed by atoms with Crippen LogP contribution in [0.4, 0.5) is 0 Å². The molecule has 4 heteroatoms. The summed E-state index contributed by atoms with van der Waals surface area (Å²) in [5, 5.41) is 18.1. The Bertz CT molecular complexity index is 51.2. The fraction of sp³-hybridized carbons (Fsp3) is 1.00. The summed E-state index contributed by atoms with van der Waals surface area (Å²) in [6.45, 7) is 1.75. The van der Waals surface area contributed by atoms with Gasteiger partial charge in [0.25, 0.3) is 0 Å². The van der Waals surface area contributed by atoms with Gasteiger partial charge in [-0.1, -0.05) is 0 Å². The van der Waals surface area contributed by atoms with Gasteiger partial charge >= 0.3 is 0 Å². The van der Waals surface area contributed by atoms with E-state index in [1.807, 2.05) is 0 Å². The van der Waals surface area contributed by atoms with Crippen LogP contribution in [0.25, 0.3) is 0 Å². The number of hydroxylamine groups is 4. The van der Waals surface area contributed by atoms with Crippen molar-refractivity contribution < 1.29 is 10.4 Å². The molecular formula is C4H12N2O2. The minimum atomic E-state index is 0.875. The minimum absolute atomic E-state index is 0.875. The lowest BCUT2D eigenvalue weighted by Gasteiger charge is -1.89. The second-order valence-electron chi connectivity index (χ2n) is 1.80. The molecule has 0 aromatic rings. The molecule has 0 atom stereocenters. The van der Waals surface area contributed by atoms with Crippen LogP contribution in [0, 0.1) is 0 Å². The highest BCUT2D eigenvalue weighted by Gasteiger charge is 2.10. The molecule has 1 rings (SSSR count). The van der Waals surface area contributed by atoms with Crippen molar-refractivity contribution in [3.05, 3.63) is 0 Å². The van der Waals surface area contributed by atoms with Crippen molar-refractivity contribution in [1.82, 2.24) is 10.1 Å². The Morgan fingerprint density at radius 2 is 1.50 bits per heavy atom. The molecule has 50 valence electrons. The molecule has 0 amide bonds. The summed E-state index contributed by atoms with van der Waals surface area (Å²) in [7, 11) is 3.11. The van der Waals surface area contributed by atoms with Crippen molar-refractivity contribution >= 4 is 0 Å². The maximum Gasteiger partial charge on any atom is 0.0389 e. The number of hydrogen-bond donors (Lipinski definition) is 2. The third kappa shape index (κ3) is 17.0. The average Bonchev–Trinajstić information content (AvgIpc) is 2.19. The fourth-order valence-corrected chi connectivity index (χ4v) is 0.0447. The first kappa shape index (κ1) is 7.84. The van der Waals surface area contributed by atoms with E-state index in [1.54, 1.807) is 14.1 Å². The maximum absolute atomic E-state index is 8.00. The van der Waals surface area contributed by atoms with E-state index >= 15 is 0 Å². The van der Waals surface area contributed by atoms with Gasteiger partial charge in [0, 0.05) is 27.2 Å². The van der Waals surface area contributed by atoms with E-state index in [2.05, 4.69) is 0 Å². The molecule has 1 fully saturated rings. The SMILES string of the molecule is CN(C)O.ON1CC1. The normalized spacial score (nSPS) is 17.6. The fourth-order valence-electron chi connectivity index (χ4n) is 0.0447. The molecule has 0 unspecified atom stereocenters. The summed E-state index contributed by atoms with van der Waals surface area (Å²) in [5.74, 6) is 0. The third-order valence-electron chi connectivity index (χ3n) is 0.424. The third-order valence-corrected chi connectivity index (χ3v) is 0.424. The number of nitrogens with zero attached hydrogens (tertiary/aromatic N) is 2. The second kappa shape index (κ2) is 3.80. The summed E-state index contributed by atoms with van der Waals surface area (Å²) in [6, 6.07) is 0. The maximum atomic E-state index is 8.00. The predicted octanol–water partition coefficient (Wildman–Crippen LogP) is -0.372. The Morgan fingerprint density at radius 3 is 1.50 bits per heavy atom. The van der Waals surface area contributed by atoms with E-state index in [0.717, 1.165) is 18.2 Å². The molecule has 0 radical (unpaired) electrons. The molecule has 0 bridgehead atoms. The molecule has 1 saturated heterocycles. The highest BCUT2D eigenvalue weighted by atomic mass is 16.5. The molecule has 8 heavy (non-hydrogen) atoms. The lowest BCUT2D eigenvalue weighted by Crippen LogP contribution is -2.01. The Labute approximate surface area is 48.9 Å². The summed E-state index contributed by atoms with van der Waals surface area (Å²) in [4.78, 5) is 0. The number of rotatable bonds is 0. The molecule has 1 aliphatic rings. The van der Waals surface area contributed by atoms with Crippen LogP contribution in [0.2, 0.25) is 0 Å². The van der Waals surface area contributed by atoms with Crippen LogP contribution in [0.5, 0.6) is 0 Å². The summed E-state index contributed by atoms with van der Waals surface area (Å²) in [5.41, 5.74) is 0. The highest BCUT2D eigenvalue weighted by molar-refractivity contribution is 4.57. The van der Waals surface area contributed by atoms with Crippen molar-refractivity contribution in [3.8, 4) is 0 Å². The van der Waals surface area contributed by atoms with Gasteiger partial charge in [0.15, 0.2) is 0 Å². The lowest BCUT2D eigenvalue weighted by molar-refractivity contribution is -0.0372. The van der Waals surface area contributed by atoms with E-state index in [1.165, 1.54) is 5.06 Å². The van der Waals surface area contributed by atoms with Crippen LogP contribution >= 0.6 is 0 Å². The topological polar surface area (TPSA) is 46.7 Å². The van der Waals surface area contributed by atoms with Crippen LogP contribution in [0.3, 0.4) is 0 Å². The van der Waals surface area contributed by atoms with Crippen LogP contribution in [0.15, 0.2) is 0 Å². The molecule has 2 N–H and O–H groups in total. The van der Waals surface area contributed by atoms with E-state index in [0.29, 0.717) is 0 Å². The van der Waals surface area contributed by atoms with Crippen LogP contribution in [0.1, 0.15) is 0 Å². The molecular weight excluding hydrogens is 108 g/mol. The summed E-state index contributed by atoms with van der Waals surface area (Å²) in [6.07, 6.45) is 0. The highest BCUT2D eigenvalue weighted by Crippen LogP contribution is 1.92. The molecule has 1 heterocycles. The summed E-state index contributed by atoms with van der Waals surface area (Å²) < 4.78 is 0. The van der Waals surface area contributed by atoms with Gasteiger partial charge < -0.3 is 10.4 Å². The first-order valence-electron chi connectivity index (χ1n) is 2.43.